The van der Waals surface area contributed by atoms with Gasteiger partial charge in [0.1, 0.15) is 0 Å². The zero-order valence-electron chi connectivity index (χ0n) is 11.6. The fourth-order valence-corrected chi connectivity index (χ4v) is 2.31. The summed E-state index contributed by atoms with van der Waals surface area (Å²) in [6.45, 7) is 1.90. The van der Waals surface area contributed by atoms with E-state index in [1.165, 1.54) is 0 Å². The van der Waals surface area contributed by atoms with Crippen molar-refractivity contribution in [3.63, 3.8) is 0 Å². The summed E-state index contributed by atoms with van der Waals surface area (Å²) in [6, 6.07) is 11.3. The molecular weight excluding hydrogens is 264 g/mol. The quantitative estimate of drug-likeness (QED) is 0.645. The van der Waals surface area contributed by atoms with Crippen molar-refractivity contribution in [1.29, 1.82) is 0 Å². The lowest BCUT2D eigenvalue weighted by Gasteiger charge is -2.14. The maximum atomic E-state index is 12.4. The Hall–Kier alpha value is -2.82. The van der Waals surface area contributed by atoms with Crippen molar-refractivity contribution in [2.24, 2.45) is 0 Å². The molecule has 1 unspecified atom stereocenters. The maximum Gasteiger partial charge on any atom is 0.253 e. The molecule has 4 N–H and O–H groups in total. The highest BCUT2D eigenvalue weighted by Gasteiger charge is 2.15. The molecule has 5 nitrogen and oxygen atoms in total. The van der Waals surface area contributed by atoms with Crippen molar-refractivity contribution in [3.8, 4) is 0 Å². The molecule has 0 fully saturated rings. The summed E-state index contributed by atoms with van der Waals surface area (Å²) in [7, 11) is 0. The van der Waals surface area contributed by atoms with Crippen LogP contribution in [-0.4, -0.2) is 16.1 Å². The lowest BCUT2D eigenvalue weighted by molar-refractivity contribution is 0.0941. The number of carbonyl (C=O) groups excluding carboxylic acids is 1. The van der Waals surface area contributed by atoms with Gasteiger partial charge in [0.05, 0.1) is 17.8 Å². The maximum absolute atomic E-state index is 12.4. The van der Waals surface area contributed by atoms with Crippen molar-refractivity contribution >= 4 is 22.4 Å². The van der Waals surface area contributed by atoms with E-state index in [-0.39, 0.29) is 11.9 Å². The number of hydrogen-bond donors (Lipinski definition) is 3. The second-order valence-corrected chi connectivity index (χ2v) is 5.01. The summed E-state index contributed by atoms with van der Waals surface area (Å²) < 4.78 is 0. The Labute approximate surface area is 122 Å². The molecule has 0 spiro atoms. The number of aromatic nitrogens is 2. The summed E-state index contributed by atoms with van der Waals surface area (Å²) in [5.41, 5.74) is 7.89. The van der Waals surface area contributed by atoms with Gasteiger partial charge in [-0.2, -0.15) is 5.10 Å². The number of anilines is 1. The van der Waals surface area contributed by atoms with Crippen LogP contribution >= 0.6 is 0 Å². The molecule has 5 heteroatoms. The smallest absolute Gasteiger partial charge is 0.253 e. The first-order valence-electron chi connectivity index (χ1n) is 6.73. The molecule has 0 aliphatic rings. The molecule has 1 amide bonds. The van der Waals surface area contributed by atoms with Crippen LogP contribution in [0.4, 0.5) is 5.69 Å². The average molecular weight is 280 g/mol. The number of aromatic amines is 1. The van der Waals surface area contributed by atoms with Crippen LogP contribution in [0.1, 0.15) is 28.9 Å². The van der Waals surface area contributed by atoms with E-state index in [2.05, 4.69) is 15.5 Å². The first-order valence-corrected chi connectivity index (χ1v) is 6.73. The Morgan fingerprint density at radius 2 is 2.00 bits per heavy atom. The molecule has 0 aliphatic heterocycles. The Morgan fingerprint density at radius 3 is 2.67 bits per heavy atom. The number of nitrogen functional groups attached to an aromatic ring is 1. The van der Waals surface area contributed by atoms with Gasteiger partial charge in [-0.15, -0.1) is 0 Å². The zero-order valence-corrected chi connectivity index (χ0v) is 11.6. The van der Waals surface area contributed by atoms with E-state index in [9.17, 15) is 4.79 Å². The lowest BCUT2D eigenvalue weighted by Crippen LogP contribution is -2.27. The van der Waals surface area contributed by atoms with E-state index in [0.29, 0.717) is 11.3 Å². The van der Waals surface area contributed by atoms with Crippen LogP contribution in [0.5, 0.6) is 0 Å². The van der Waals surface area contributed by atoms with Crippen molar-refractivity contribution in [1.82, 2.24) is 15.5 Å². The predicted octanol–water partition coefficient (Wildman–Crippen LogP) is 2.64. The van der Waals surface area contributed by atoms with Crippen molar-refractivity contribution < 1.29 is 4.79 Å². The molecule has 0 saturated carbocycles. The fraction of sp³-hybridized carbons (Fsp3) is 0.125. The number of carbonyl (C=O) groups is 1. The average Bonchev–Trinajstić information content (AvgIpc) is 3.00. The number of H-pyrrole nitrogens is 1. The molecule has 0 bridgehead atoms. The van der Waals surface area contributed by atoms with Crippen LogP contribution < -0.4 is 11.1 Å². The second kappa shape index (κ2) is 5.28. The lowest BCUT2D eigenvalue weighted by atomic mass is 10.0. The van der Waals surface area contributed by atoms with E-state index < -0.39 is 0 Å². The van der Waals surface area contributed by atoms with Gasteiger partial charge in [-0.1, -0.05) is 24.3 Å². The third-order valence-corrected chi connectivity index (χ3v) is 3.53. The molecule has 1 atom stereocenters. The Kier molecular flexibility index (Phi) is 3.31. The van der Waals surface area contributed by atoms with Crippen LogP contribution in [-0.2, 0) is 0 Å². The number of rotatable bonds is 3. The Balaban J connectivity index is 1.89. The van der Waals surface area contributed by atoms with Crippen LogP contribution in [0.25, 0.3) is 10.8 Å². The molecule has 0 saturated heterocycles. The number of fused-ring (bicyclic) bond motifs is 1. The van der Waals surface area contributed by atoms with Crippen molar-refractivity contribution in [3.05, 3.63) is 59.9 Å². The standard InChI is InChI=1S/C16H16N4O/c1-10(13-8-18-19-9-13)20-16(21)14-6-11-4-2-3-5-12(11)7-15(14)17/h2-10H,17H2,1H3,(H,18,19)(H,20,21). The van der Waals surface area contributed by atoms with Gasteiger partial charge in [0.15, 0.2) is 0 Å². The molecule has 0 aliphatic carbocycles. The Bertz CT molecular complexity index is 780. The van der Waals surface area contributed by atoms with E-state index in [1.54, 1.807) is 12.4 Å². The highest BCUT2D eigenvalue weighted by Crippen LogP contribution is 2.22. The molecule has 2 aromatic carbocycles. The first kappa shape index (κ1) is 13.2. The fourth-order valence-electron chi connectivity index (χ4n) is 2.31. The number of amides is 1. The summed E-state index contributed by atoms with van der Waals surface area (Å²) in [5.74, 6) is -0.188. The zero-order chi connectivity index (χ0) is 14.8. The highest BCUT2D eigenvalue weighted by atomic mass is 16.1. The van der Waals surface area contributed by atoms with Crippen LogP contribution in [0.15, 0.2) is 48.8 Å². The second-order valence-electron chi connectivity index (χ2n) is 5.01. The number of hydrogen-bond acceptors (Lipinski definition) is 3. The minimum Gasteiger partial charge on any atom is -0.398 e. The molecular formula is C16H16N4O. The molecule has 1 aromatic heterocycles. The van der Waals surface area contributed by atoms with Gasteiger partial charge >= 0.3 is 0 Å². The third-order valence-electron chi connectivity index (χ3n) is 3.53. The molecule has 106 valence electrons. The molecule has 3 rings (SSSR count). The van der Waals surface area contributed by atoms with Gasteiger partial charge in [-0.25, -0.2) is 0 Å². The molecule has 3 aromatic rings. The first-order chi connectivity index (χ1) is 10.1. The van der Waals surface area contributed by atoms with Gasteiger partial charge in [0, 0.05) is 17.4 Å². The topological polar surface area (TPSA) is 83.8 Å². The predicted molar refractivity (Wildman–Crippen MR) is 82.8 cm³/mol. The van der Waals surface area contributed by atoms with E-state index in [0.717, 1.165) is 16.3 Å². The van der Waals surface area contributed by atoms with Crippen LogP contribution in [0.3, 0.4) is 0 Å². The number of benzene rings is 2. The Morgan fingerprint density at radius 1 is 1.29 bits per heavy atom. The van der Waals surface area contributed by atoms with Crippen LogP contribution in [0, 0.1) is 0 Å². The molecule has 0 radical (unpaired) electrons. The molecule has 21 heavy (non-hydrogen) atoms. The minimum atomic E-state index is -0.188. The minimum absolute atomic E-state index is 0.137. The largest absolute Gasteiger partial charge is 0.398 e. The van der Waals surface area contributed by atoms with E-state index in [1.807, 2.05) is 43.3 Å². The summed E-state index contributed by atoms with van der Waals surface area (Å²) in [6.07, 6.45) is 3.45. The highest BCUT2D eigenvalue weighted by molar-refractivity contribution is 6.04. The summed E-state index contributed by atoms with van der Waals surface area (Å²) in [4.78, 5) is 12.4. The van der Waals surface area contributed by atoms with Gasteiger partial charge in [0.25, 0.3) is 5.91 Å². The van der Waals surface area contributed by atoms with Crippen LogP contribution in [0.2, 0.25) is 0 Å². The normalized spacial score (nSPS) is 12.2. The van der Waals surface area contributed by atoms with Gasteiger partial charge < -0.3 is 11.1 Å². The van der Waals surface area contributed by atoms with Crippen molar-refractivity contribution in [2.45, 2.75) is 13.0 Å². The number of nitrogens with zero attached hydrogens (tertiary/aromatic N) is 1. The van der Waals surface area contributed by atoms with Crippen molar-refractivity contribution in [2.75, 3.05) is 5.73 Å². The van der Waals surface area contributed by atoms with Gasteiger partial charge in [0.2, 0.25) is 0 Å². The third kappa shape index (κ3) is 2.58. The van der Waals surface area contributed by atoms with Gasteiger partial charge in [-0.05, 0) is 29.8 Å². The molecule has 1 heterocycles. The SMILES string of the molecule is CC(NC(=O)c1cc2ccccc2cc1N)c1cn[nH]c1. The van der Waals surface area contributed by atoms with Gasteiger partial charge in [-0.3, -0.25) is 9.89 Å². The van der Waals surface area contributed by atoms with E-state index >= 15 is 0 Å². The number of nitrogens with one attached hydrogen (secondary N) is 2. The summed E-state index contributed by atoms with van der Waals surface area (Å²) >= 11 is 0. The summed E-state index contributed by atoms with van der Waals surface area (Å²) in [5, 5.41) is 11.6. The number of nitrogens with two attached hydrogens (primary N) is 1. The monoisotopic (exact) mass is 280 g/mol. The van der Waals surface area contributed by atoms with E-state index in [4.69, 9.17) is 5.73 Å².